The summed E-state index contributed by atoms with van der Waals surface area (Å²) < 4.78 is 0. The van der Waals surface area contributed by atoms with E-state index in [4.69, 9.17) is 5.11 Å². The number of hydrogen-bond donors (Lipinski definition) is 2. The molecule has 1 aliphatic rings. The first-order chi connectivity index (χ1) is 6.01. The second-order valence-corrected chi connectivity index (χ2v) is 4.24. The van der Waals surface area contributed by atoms with Crippen LogP contribution in [0.5, 0.6) is 0 Å². The molecule has 0 aromatic heterocycles. The normalized spacial score (nSPS) is 27.5. The molecule has 1 aliphatic carbocycles. The van der Waals surface area contributed by atoms with Crippen LogP contribution in [0.25, 0.3) is 0 Å². The maximum Gasteiger partial charge on any atom is 0.146 e. The van der Waals surface area contributed by atoms with Crippen molar-refractivity contribution in [2.75, 3.05) is 6.61 Å². The smallest absolute Gasteiger partial charge is 0.146 e. The minimum Gasteiger partial charge on any atom is -0.393 e. The van der Waals surface area contributed by atoms with E-state index in [2.05, 4.69) is 0 Å². The molecule has 0 amide bonds. The molecule has 0 aliphatic heterocycles. The molecule has 1 unspecified atom stereocenters. The molecule has 13 heavy (non-hydrogen) atoms. The molecule has 1 rings (SSSR count). The van der Waals surface area contributed by atoms with Crippen molar-refractivity contribution >= 4 is 6.29 Å². The molecule has 0 radical (unpaired) electrons. The summed E-state index contributed by atoms with van der Waals surface area (Å²) in [5.74, 6) is 0. The number of rotatable bonds is 2. The van der Waals surface area contributed by atoms with Crippen molar-refractivity contribution in [2.45, 2.75) is 32.8 Å². The van der Waals surface area contributed by atoms with Crippen LogP contribution in [0.1, 0.15) is 26.7 Å². The van der Waals surface area contributed by atoms with Gasteiger partial charge in [0.15, 0.2) is 0 Å². The van der Waals surface area contributed by atoms with Gasteiger partial charge < -0.3 is 10.2 Å². The zero-order valence-corrected chi connectivity index (χ0v) is 8.08. The van der Waals surface area contributed by atoms with Gasteiger partial charge in [0, 0.05) is 0 Å². The number of allylic oxidation sites excluding steroid dienone is 1. The molecule has 74 valence electrons. The fraction of sp³-hybridized carbons (Fsp3) is 0.700. The summed E-state index contributed by atoms with van der Waals surface area (Å²) in [5.41, 5.74) is 1.02. The molecule has 0 aromatic rings. The fourth-order valence-electron chi connectivity index (χ4n) is 2.04. The SMILES string of the molecule is CC1(C)CC(O)CC(CO)=C1C=O. The van der Waals surface area contributed by atoms with Crippen LogP contribution < -0.4 is 0 Å². The maximum atomic E-state index is 10.8. The Morgan fingerprint density at radius 2 is 2.23 bits per heavy atom. The third-order valence-corrected chi connectivity index (χ3v) is 2.65. The predicted molar refractivity (Wildman–Crippen MR) is 49.2 cm³/mol. The zero-order chi connectivity index (χ0) is 10.1. The molecule has 0 saturated heterocycles. The molecular formula is C10H16O3. The predicted octanol–water partition coefficient (Wildman–Crippen LogP) is 0.655. The van der Waals surface area contributed by atoms with E-state index in [9.17, 15) is 9.90 Å². The van der Waals surface area contributed by atoms with Gasteiger partial charge in [-0.25, -0.2) is 0 Å². The Hall–Kier alpha value is -0.670. The quantitative estimate of drug-likeness (QED) is 0.620. The van der Waals surface area contributed by atoms with Crippen molar-refractivity contribution in [3.8, 4) is 0 Å². The van der Waals surface area contributed by atoms with Crippen LogP contribution in [0.3, 0.4) is 0 Å². The van der Waals surface area contributed by atoms with Crippen molar-refractivity contribution in [3.05, 3.63) is 11.1 Å². The van der Waals surface area contributed by atoms with Gasteiger partial charge in [-0.3, -0.25) is 4.79 Å². The van der Waals surface area contributed by atoms with Crippen LogP contribution >= 0.6 is 0 Å². The van der Waals surface area contributed by atoms with Crippen LogP contribution in [0.2, 0.25) is 0 Å². The van der Waals surface area contributed by atoms with Gasteiger partial charge in [-0.1, -0.05) is 13.8 Å². The fourth-order valence-corrected chi connectivity index (χ4v) is 2.04. The first-order valence-electron chi connectivity index (χ1n) is 4.48. The average Bonchev–Trinajstić information content (AvgIpc) is 2.01. The van der Waals surface area contributed by atoms with Gasteiger partial charge in [0.1, 0.15) is 6.29 Å². The van der Waals surface area contributed by atoms with Crippen molar-refractivity contribution in [1.82, 2.24) is 0 Å². The Bertz CT molecular complexity index is 241. The van der Waals surface area contributed by atoms with Gasteiger partial charge in [0.05, 0.1) is 12.7 Å². The van der Waals surface area contributed by atoms with Crippen molar-refractivity contribution in [3.63, 3.8) is 0 Å². The molecule has 0 heterocycles. The van der Waals surface area contributed by atoms with E-state index in [-0.39, 0.29) is 12.0 Å². The molecule has 0 bridgehead atoms. The van der Waals surface area contributed by atoms with E-state index in [0.29, 0.717) is 24.0 Å². The Labute approximate surface area is 78.1 Å². The minimum atomic E-state index is -0.430. The van der Waals surface area contributed by atoms with Gasteiger partial charge in [-0.05, 0) is 29.4 Å². The summed E-state index contributed by atoms with van der Waals surface area (Å²) in [6, 6.07) is 0. The Morgan fingerprint density at radius 3 is 2.69 bits per heavy atom. The van der Waals surface area contributed by atoms with E-state index in [1.54, 1.807) is 0 Å². The highest BCUT2D eigenvalue weighted by Crippen LogP contribution is 2.38. The largest absolute Gasteiger partial charge is 0.393 e. The summed E-state index contributed by atoms with van der Waals surface area (Å²) in [6.07, 6.45) is 1.39. The summed E-state index contributed by atoms with van der Waals surface area (Å²) in [4.78, 5) is 10.8. The lowest BCUT2D eigenvalue weighted by atomic mass is 9.72. The number of hydrogen-bond acceptors (Lipinski definition) is 3. The maximum absolute atomic E-state index is 10.8. The lowest BCUT2D eigenvalue weighted by molar-refractivity contribution is -0.106. The number of aldehydes is 1. The Kier molecular flexibility index (Phi) is 2.88. The molecule has 3 heteroatoms. The van der Waals surface area contributed by atoms with E-state index in [1.165, 1.54) is 0 Å². The van der Waals surface area contributed by atoms with Crippen LogP contribution in [0.15, 0.2) is 11.1 Å². The minimum absolute atomic E-state index is 0.130. The lowest BCUT2D eigenvalue weighted by Gasteiger charge is -2.34. The zero-order valence-electron chi connectivity index (χ0n) is 8.08. The second kappa shape index (κ2) is 3.60. The van der Waals surface area contributed by atoms with Gasteiger partial charge in [-0.15, -0.1) is 0 Å². The Balaban J connectivity index is 3.07. The van der Waals surface area contributed by atoms with E-state index in [0.717, 1.165) is 6.29 Å². The molecular weight excluding hydrogens is 168 g/mol. The number of aliphatic hydroxyl groups is 2. The van der Waals surface area contributed by atoms with Crippen LogP contribution in [-0.2, 0) is 4.79 Å². The van der Waals surface area contributed by atoms with Crippen LogP contribution in [0.4, 0.5) is 0 Å². The summed E-state index contributed by atoms with van der Waals surface area (Å²) >= 11 is 0. The molecule has 0 saturated carbocycles. The van der Waals surface area contributed by atoms with Crippen molar-refractivity contribution < 1.29 is 15.0 Å². The highest BCUT2D eigenvalue weighted by molar-refractivity contribution is 5.77. The first-order valence-corrected chi connectivity index (χ1v) is 4.48. The summed E-state index contributed by atoms with van der Waals surface area (Å²) in [7, 11) is 0. The number of carbonyl (C=O) groups excluding carboxylic acids is 1. The molecule has 3 nitrogen and oxygen atoms in total. The Morgan fingerprint density at radius 1 is 1.62 bits per heavy atom. The molecule has 2 N–H and O–H groups in total. The number of aliphatic hydroxyl groups excluding tert-OH is 2. The highest BCUT2D eigenvalue weighted by atomic mass is 16.3. The van der Waals surface area contributed by atoms with Crippen LogP contribution in [-0.4, -0.2) is 29.2 Å². The first kappa shape index (κ1) is 10.4. The third-order valence-electron chi connectivity index (χ3n) is 2.65. The second-order valence-electron chi connectivity index (χ2n) is 4.24. The lowest BCUT2D eigenvalue weighted by Crippen LogP contribution is -2.31. The van der Waals surface area contributed by atoms with Gasteiger partial charge in [0.25, 0.3) is 0 Å². The van der Waals surface area contributed by atoms with Crippen molar-refractivity contribution in [1.29, 1.82) is 0 Å². The highest BCUT2D eigenvalue weighted by Gasteiger charge is 2.33. The van der Waals surface area contributed by atoms with Gasteiger partial charge in [0.2, 0.25) is 0 Å². The average molecular weight is 184 g/mol. The molecule has 0 fully saturated rings. The van der Waals surface area contributed by atoms with Gasteiger partial charge in [-0.2, -0.15) is 0 Å². The van der Waals surface area contributed by atoms with E-state index >= 15 is 0 Å². The van der Waals surface area contributed by atoms with E-state index in [1.807, 2.05) is 13.8 Å². The topological polar surface area (TPSA) is 57.5 Å². The molecule has 0 spiro atoms. The number of carbonyl (C=O) groups is 1. The standard InChI is InChI=1S/C10H16O3/c1-10(2)4-8(13)3-7(5-11)9(10)6-12/h6,8,11,13H,3-5H2,1-2H3. The summed E-state index contributed by atoms with van der Waals surface area (Å²) in [6.45, 7) is 3.69. The van der Waals surface area contributed by atoms with Crippen molar-refractivity contribution in [2.24, 2.45) is 5.41 Å². The third kappa shape index (κ3) is 1.98. The summed E-state index contributed by atoms with van der Waals surface area (Å²) in [5, 5.41) is 18.5. The van der Waals surface area contributed by atoms with E-state index < -0.39 is 6.10 Å². The van der Waals surface area contributed by atoms with Crippen LogP contribution in [0, 0.1) is 5.41 Å². The molecule has 1 atom stereocenters. The molecule has 0 aromatic carbocycles. The van der Waals surface area contributed by atoms with Gasteiger partial charge >= 0.3 is 0 Å². The monoisotopic (exact) mass is 184 g/mol.